The van der Waals surface area contributed by atoms with E-state index in [0.29, 0.717) is 17.5 Å². The van der Waals surface area contributed by atoms with E-state index >= 15 is 0 Å². The Morgan fingerprint density at radius 2 is 0.957 bits per heavy atom. The van der Waals surface area contributed by atoms with Crippen LogP contribution >= 0.6 is 0 Å². The van der Waals surface area contributed by atoms with E-state index in [2.05, 4.69) is 157 Å². The van der Waals surface area contributed by atoms with Crippen LogP contribution in [-0.2, 0) is 10.8 Å². The number of hydrogen-bond acceptors (Lipinski definition) is 4. The number of nitrogens with zero attached hydrogens (tertiary/aromatic N) is 4. The zero-order valence-electron chi connectivity index (χ0n) is 27.8. The van der Waals surface area contributed by atoms with Crippen LogP contribution in [0.5, 0.6) is 0 Å². The molecule has 0 saturated heterocycles. The fourth-order valence-electron chi connectivity index (χ4n) is 7.50. The number of benzene rings is 5. The molecule has 4 nitrogen and oxygen atoms in total. The molecule has 0 aliphatic heterocycles. The smallest absolute Gasteiger partial charge is 0.165 e. The topological polar surface area (TPSA) is 51.6 Å². The van der Waals surface area contributed by atoms with Gasteiger partial charge < -0.3 is 0 Å². The van der Waals surface area contributed by atoms with Crippen LogP contribution in [0.2, 0.25) is 0 Å². The molecule has 5 aromatic carbocycles. The van der Waals surface area contributed by atoms with Crippen molar-refractivity contribution in [2.45, 2.75) is 52.4 Å². The van der Waals surface area contributed by atoms with Gasteiger partial charge in [0.25, 0.3) is 0 Å². The Morgan fingerprint density at radius 3 is 1.53 bits per heavy atom. The summed E-state index contributed by atoms with van der Waals surface area (Å²) in [5, 5.41) is 4.51. The molecule has 4 heteroatoms. The van der Waals surface area contributed by atoms with Crippen molar-refractivity contribution in [1.29, 1.82) is 0 Å². The first kappa shape index (κ1) is 29.2. The zero-order valence-corrected chi connectivity index (χ0v) is 27.8. The lowest BCUT2D eigenvalue weighted by Crippen LogP contribution is -2.42. The molecule has 0 radical (unpaired) electrons. The lowest BCUT2D eigenvalue weighted by atomic mass is 9.59. The van der Waals surface area contributed by atoms with Gasteiger partial charge in [-0.3, -0.25) is 4.98 Å². The highest BCUT2D eigenvalue weighted by atomic mass is 15.0. The summed E-state index contributed by atoms with van der Waals surface area (Å²) >= 11 is 0. The summed E-state index contributed by atoms with van der Waals surface area (Å²) in [6.07, 6.45) is 1.90. The first-order chi connectivity index (χ1) is 22.6. The van der Waals surface area contributed by atoms with Crippen molar-refractivity contribution in [1.82, 2.24) is 19.9 Å². The summed E-state index contributed by atoms with van der Waals surface area (Å²) in [4.78, 5) is 20.2. The molecule has 0 fully saturated rings. The van der Waals surface area contributed by atoms with Gasteiger partial charge in [-0.2, -0.15) is 0 Å². The maximum absolute atomic E-state index is 5.09. The van der Waals surface area contributed by atoms with Gasteiger partial charge in [-0.15, -0.1) is 0 Å². The third-order valence-corrected chi connectivity index (χ3v) is 11.5. The van der Waals surface area contributed by atoms with Crippen LogP contribution < -0.4 is 0 Å². The lowest BCUT2D eigenvalue weighted by molar-refractivity contribution is 0.125. The molecule has 1 aliphatic carbocycles. The molecule has 0 saturated carbocycles. The van der Waals surface area contributed by atoms with Gasteiger partial charge in [0, 0.05) is 28.5 Å². The molecule has 0 spiro atoms. The maximum atomic E-state index is 5.09. The molecule has 0 amide bonds. The molecule has 2 aromatic heterocycles. The average molecular weight is 611 g/mol. The van der Waals surface area contributed by atoms with E-state index in [9.17, 15) is 0 Å². The predicted molar refractivity (Wildman–Crippen MR) is 194 cm³/mol. The van der Waals surface area contributed by atoms with Crippen LogP contribution in [0.25, 0.3) is 67.0 Å². The van der Waals surface area contributed by atoms with Gasteiger partial charge in [0.1, 0.15) is 0 Å². The summed E-state index contributed by atoms with van der Waals surface area (Å²) in [5.74, 6) is 1.89. The van der Waals surface area contributed by atoms with Crippen molar-refractivity contribution in [2.75, 3.05) is 0 Å². The molecular formula is C43H38N4. The highest BCUT2D eigenvalue weighted by molar-refractivity contribution is 5.97. The zero-order chi connectivity index (χ0) is 32.6. The van der Waals surface area contributed by atoms with E-state index in [1.54, 1.807) is 0 Å². The Balaban J connectivity index is 1.26. The Kier molecular flexibility index (Phi) is 6.46. The standard InChI is InChI=1S/C43H38N4/c1-41(2)35-23-21-29(25-36(35)42(3,4)43(41,5)6)37-24-22-30(26-44-37)38-45-39(33-19-11-15-27-13-7-9-17-31(27)33)47-40(46-38)34-20-12-16-28-14-8-10-18-32(28)34/h7-26H,1-6H3. The average Bonchev–Trinajstić information content (AvgIpc) is 3.20. The highest BCUT2D eigenvalue weighted by Gasteiger charge is 2.56. The van der Waals surface area contributed by atoms with Gasteiger partial charge in [-0.05, 0) is 67.1 Å². The maximum Gasteiger partial charge on any atom is 0.165 e. The minimum Gasteiger partial charge on any atom is -0.255 e. The molecule has 230 valence electrons. The Labute approximate surface area is 276 Å². The molecule has 2 heterocycles. The van der Waals surface area contributed by atoms with Crippen LogP contribution in [-0.4, -0.2) is 19.9 Å². The van der Waals surface area contributed by atoms with Crippen LogP contribution in [0.1, 0.15) is 52.7 Å². The van der Waals surface area contributed by atoms with Crippen molar-refractivity contribution in [3.8, 4) is 45.4 Å². The normalized spacial score (nSPS) is 16.0. The number of hydrogen-bond donors (Lipinski definition) is 0. The Morgan fingerprint density at radius 1 is 0.447 bits per heavy atom. The van der Waals surface area contributed by atoms with E-state index in [4.69, 9.17) is 19.9 Å². The van der Waals surface area contributed by atoms with Crippen LogP contribution in [0, 0.1) is 5.41 Å². The van der Waals surface area contributed by atoms with E-state index in [1.165, 1.54) is 11.1 Å². The second-order valence-corrected chi connectivity index (χ2v) is 14.4. The fraction of sp³-hybridized carbons (Fsp3) is 0.209. The fourth-order valence-corrected chi connectivity index (χ4v) is 7.50. The second-order valence-electron chi connectivity index (χ2n) is 14.4. The highest BCUT2D eigenvalue weighted by Crippen LogP contribution is 2.61. The Hall–Kier alpha value is -5.22. The summed E-state index contributed by atoms with van der Waals surface area (Å²) in [6.45, 7) is 14.3. The van der Waals surface area contributed by atoms with Crippen LogP contribution in [0.4, 0.5) is 0 Å². The molecule has 8 rings (SSSR count). The third kappa shape index (κ3) is 4.42. The van der Waals surface area contributed by atoms with E-state index < -0.39 is 0 Å². The summed E-state index contributed by atoms with van der Waals surface area (Å²) < 4.78 is 0. The van der Waals surface area contributed by atoms with E-state index in [0.717, 1.165) is 49.5 Å². The van der Waals surface area contributed by atoms with E-state index in [-0.39, 0.29) is 16.2 Å². The third-order valence-electron chi connectivity index (χ3n) is 11.5. The van der Waals surface area contributed by atoms with E-state index in [1.807, 2.05) is 6.20 Å². The van der Waals surface area contributed by atoms with Crippen LogP contribution in [0.15, 0.2) is 121 Å². The van der Waals surface area contributed by atoms with Crippen molar-refractivity contribution in [2.24, 2.45) is 5.41 Å². The van der Waals surface area contributed by atoms with Gasteiger partial charge in [0.05, 0.1) is 5.69 Å². The largest absolute Gasteiger partial charge is 0.255 e. The minimum atomic E-state index is 0.0304. The van der Waals surface area contributed by atoms with Gasteiger partial charge in [-0.1, -0.05) is 139 Å². The molecule has 47 heavy (non-hydrogen) atoms. The minimum absolute atomic E-state index is 0.0304. The Bertz CT molecular complexity index is 2220. The van der Waals surface area contributed by atoms with Crippen molar-refractivity contribution in [3.05, 3.63) is 133 Å². The number of rotatable bonds is 4. The molecule has 0 atom stereocenters. The summed E-state index contributed by atoms with van der Waals surface area (Å²) in [6, 6.07) is 40.4. The van der Waals surface area contributed by atoms with Crippen molar-refractivity contribution in [3.63, 3.8) is 0 Å². The van der Waals surface area contributed by atoms with Crippen molar-refractivity contribution >= 4 is 21.5 Å². The molecule has 0 bridgehead atoms. The van der Waals surface area contributed by atoms with Crippen LogP contribution in [0.3, 0.4) is 0 Å². The van der Waals surface area contributed by atoms with Gasteiger partial charge in [0.15, 0.2) is 17.5 Å². The lowest BCUT2D eigenvalue weighted by Gasteiger charge is -2.44. The monoisotopic (exact) mass is 610 g/mol. The SMILES string of the molecule is CC1(C)c2ccc(-c3ccc(-c4nc(-c5cccc6ccccc56)nc(-c5cccc6ccccc56)n4)cn3)cc2C(C)(C)C1(C)C. The van der Waals surface area contributed by atoms with Gasteiger partial charge in [-0.25, -0.2) is 15.0 Å². The molecule has 7 aromatic rings. The summed E-state index contributed by atoms with van der Waals surface area (Å²) in [7, 11) is 0. The second kappa shape index (κ2) is 10.4. The molecule has 1 aliphatic rings. The molecular weight excluding hydrogens is 573 g/mol. The van der Waals surface area contributed by atoms with Gasteiger partial charge >= 0.3 is 0 Å². The number of aromatic nitrogens is 4. The first-order valence-corrected chi connectivity index (χ1v) is 16.4. The quantitative estimate of drug-likeness (QED) is 0.199. The van der Waals surface area contributed by atoms with Crippen molar-refractivity contribution < 1.29 is 0 Å². The first-order valence-electron chi connectivity index (χ1n) is 16.4. The predicted octanol–water partition coefficient (Wildman–Crippen LogP) is 10.8. The summed E-state index contributed by atoms with van der Waals surface area (Å²) in [5.41, 5.74) is 7.92. The molecule has 0 unspecified atom stereocenters. The number of pyridine rings is 1. The van der Waals surface area contributed by atoms with Gasteiger partial charge in [0.2, 0.25) is 0 Å². The number of fused-ring (bicyclic) bond motifs is 3. The molecule has 0 N–H and O–H groups in total.